The average Bonchev–Trinajstić information content (AvgIpc) is 2.13. The quantitative estimate of drug-likeness (QED) is 0.549. The summed E-state index contributed by atoms with van der Waals surface area (Å²) in [5.74, 6) is -0.666. The summed E-state index contributed by atoms with van der Waals surface area (Å²) in [4.78, 5) is 14.1. The summed E-state index contributed by atoms with van der Waals surface area (Å²) in [5.41, 5.74) is 0. The summed E-state index contributed by atoms with van der Waals surface area (Å²) in [6, 6.07) is 0. The Bertz CT molecular complexity index is 169. The molecule has 5 heteroatoms. The number of alkyl halides is 2. The van der Waals surface area contributed by atoms with Gasteiger partial charge in [-0.25, -0.2) is 8.78 Å². The van der Waals surface area contributed by atoms with Gasteiger partial charge in [0.05, 0.1) is 6.54 Å². The SMILES string of the molecule is O=C1[C]N(CC(F)F)[C]=N1. The third kappa shape index (κ3) is 1.75. The van der Waals surface area contributed by atoms with Gasteiger partial charge in [0.1, 0.15) is 0 Å². The van der Waals surface area contributed by atoms with E-state index in [-0.39, 0.29) is 0 Å². The van der Waals surface area contributed by atoms with Gasteiger partial charge in [-0.2, -0.15) is 4.99 Å². The lowest BCUT2D eigenvalue weighted by Crippen LogP contribution is -2.22. The lowest BCUT2D eigenvalue weighted by atomic mass is 10.5. The number of halogens is 2. The number of hydrogen-bond acceptors (Lipinski definition) is 2. The summed E-state index contributed by atoms with van der Waals surface area (Å²) >= 11 is 0. The maximum Gasteiger partial charge on any atom is 0.280 e. The van der Waals surface area contributed by atoms with Crippen LogP contribution in [-0.4, -0.2) is 30.1 Å². The zero-order valence-electron chi connectivity index (χ0n) is 4.84. The summed E-state index contributed by atoms with van der Waals surface area (Å²) in [7, 11) is 0. The van der Waals surface area contributed by atoms with Crippen molar-refractivity contribution >= 4 is 12.2 Å². The average molecular weight is 145 g/mol. The van der Waals surface area contributed by atoms with Crippen molar-refractivity contribution in [2.75, 3.05) is 6.54 Å². The van der Waals surface area contributed by atoms with Crippen molar-refractivity contribution < 1.29 is 13.6 Å². The Hall–Kier alpha value is -1.00. The van der Waals surface area contributed by atoms with E-state index in [1.165, 1.54) is 0 Å². The molecule has 0 aliphatic carbocycles. The van der Waals surface area contributed by atoms with Crippen LogP contribution < -0.4 is 0 Å². The van der Waals surface area contributed by atoms with Crippen LogP contribution in [-0.2, 0) is 4.79 Å². The summed E-state index contributed by atoms with van der Waals surface area (Å²) < 4.78 is 23.1. The summed E-state index contributed by atoms with van der Waals surface area (Å²) in [6.45, 7) is 1.45. The number of nitrogens with zero attached hydrogens (tertiary/aromatic N) is 2. The highest BCUT2D eigenvalue weighted by Crippen LogP contribution is 2.03. The smallest absolute Gasteiger partial charge is 0.280 e. The first-order valence-corrected chi connectivity index (χ1v) is 2.51. The van der Waals surface area contributed by atoms with Crippen LogP contribution in [0.4, 0.5) is 8.78 Å². The molecule has 10 heavy (non-hydrogen) atoms. The van der Waals surface area contributed by atoms with Gasteiger partial charge in [-0.15, -0.1) is 0 Å². The van der Waals surface area contributed by atoms with Crippen molar-refractivity contribution in [1.29, 1.82) is 0 Å². The third-order valence-corrected chi connectivity index (χ3v) is 0.823. The molecule has 0 atom stereocenters. The van der Waals surface area contributed by atoms with Crippen LogP contribution in [0.25, 0.3) is 0 Å². The molecule has 0 unspecified atom stereocenters. The molecule has 1 aliphatic heterocycles. The van der Waals surface area contributed by atoms with Crippen molar-refractivity contribution in [2.24, 2.45) is 4.99 Å². The van der Waals surface area contributed by atoms with E-state index in [0.717, 1.165) is 4.90 Å². The van der Waals surface area contributed by atoms with Gasteiger partial charge in [0.15, 0.2) is 12.9 Å². The van der Waals surface area contributed by atoms with Crippen molar-refractivity contribution in [1.82, 2.24) is 4.90 Å². The lowest BCUT2D eigenvalue weighted by Gasteiger charge is -2.07. The van der Waals surface area contributed by atoms with E-state index < -0.39 is 18.9 Å². The van der Waals surface area contributed by atoms with Gasteiger partial charge in [0.2, 0.25) is 0 Å². The first kappa shape index (κ1) is 7.11. The van der Waals surface area contributed by atoms with Crippen LogP contribution in [0.1, 0.15) is 0 Å². The van der Waals surface area contributed by atoms with Crippen LogP contribution >= 0.6 is 0 Å². The fraction of sp³-hybridized carbons (Fsp3) is 0.400. The topological polar surface area (TPSA) is 32.7 Å². The Kier molecular flexibility index (Phi) is 1.94. The minimum absolute atomic E-state index is 0.574. The molecule has 1 amide bonds. The second-order valence-electron chi connectivity index (χ2n) is 1.63. The van der Waals surface area contributed by atoms with Crippen molar-refractivity contribution in [3.8, 4) is 0 Å². The Labute approximate surface area is 56.3 Å². The molecule has 0 aromatic rings. The maximum absolute atomic E-state index is 11.5. The Morgan fingerprint density at radius 2 is 2.40 bits per heavy atom. The van der Waals surface area contributed by atoms with E-state index in [9.17, 15) is 13.6 Å². The molecule has 0 bridgehead atoms. The van der Waals surface area contributed by atoms with E-state index in [1.54, 1.807) is 0 Å². The molecule has 1 aliphatic rings. The standard InChI is InChI=1S/C5H3F2N2O/c6-4(7)1-9-2-5(10)8-3-9/h4H,1H2. The molecule has 0 N–H and O–H groups in total. The van der Waals surface area contributed by atoms with Crippen molar-refractivity contribution in [2.45, 2.75) is 6.43 Å². The molecule has 3 radical (unpaired) electrons. The number of carbonyl (C=O) groups is 1. The van der Waals surface area contributed by atoms with Gasteiger partial charge in [-0.05, 0) is 0 Å². The number of carbonyl (C=O) groups excluding carboxylic acids is 1. The normalized spacial score (nSPS) is 17.5. The third-order valence-electron chi connectivity index (χ3n) is 0.823. The number of amides is 1. The van der Waals surface area contributed by atoms with E-state index in [1.807, 2.05) is 6.54 Å². The zero-order chi connectivity index (χ0) is 7.56. The lowest BCUT2D eigenvalue weighted by molar-refractivity contribution is -0.115. The largest absolute Gasteiger partial charge is 0.328 e. The molecule has 0 saturated heterocycles. The maximum atomic E-state index is 11.5. The molecule has 1 rings (SSSR count). The zero-order valence-corrected chi connectivity index (χ0v) is 4.84. The Morgan fingerprint density at radius 1 is 1.70 bits per heavy atom. The van der Waals surface area contributed by atoms with Gasteiger partial charge >= 0.3 is 0 Å². The minimum Gasteiger partial charge on any atom is -0.328 e. The van der Waals surface area contributed by atoms with Crippen LogP contribution in [0.3, 0.4) is 0 Å². The van der Waals surface area contributed by atoms with E-state index in [0.29, 0.717) is 0 Å². The summed E-state index contributed by atoms with van der Waals surface area (Å²) in [6.07, 6.45) is -0.444. The minimum atomic E-state index is -2.50. The number of aliphatic imine (C=N–C) groups is 1. The molecule has 3 nitrogen and oxygen atoms in total. The second-order valence-corrected chi connectivity index (χ2v) is 1.63. The van der Waals surface area contributed by atoms with Gasteiger partial charge in [0.25, 0.3) is 12.3 Å². The first-order valence-electron chi connectivity index (χ1n) is 2.51. The molecule has 0 aromatic carbocycles. The fourth-order valence-electron chi connectivity index (χ4n) is 0.496. The fourth-order valence-corrected chi connectivity index (χ4v) is 0.496. The highest BCUT2D eigenvalue weighted by Gasteiger charge is 2.19. The molecule has 0 spiro atoms. The Morgan fingerprint density at radius 3 is 2.80 bits per heavy atom. The van der Waals surface area contributed by atoms with E-state index in [2.05, 4.69) is 11.3 Å². The highest BCUT2D eigenvalue weighted by atomic mass is 19.3. The van der Waals surface area contributed by atoms with Crippen LogP contribution in [0.2, 0.25) is 0 Å². The molecule has 0 saturated carbocycles. The summed E-state index contributed by atoms with van der Waals surface area (Å²) in [5, 5.41) is 0. The van der Waals surface area contributed by atoms with Gasteiger partial charge in [-0.1, -0.05) is 0 Å². The van der Waals surface area contributed by atoms with Crippen LogP contribution in [0.15, 0.2) is 4.99 Å². The first-order chi connectivity index (χ1) is 4.68. The molecule has 0 aromatic heterocycles. The molecular weight excluding hydrogens is 142 g/mol. The van der Waals surface area contributed by atoms with Gasteiger partial charge in [-0.3, -0.25) is 4.79 Å². The van der Waals surface area contributed by atoms with Crippen LogP contribution in [0.5, 0.6) is 0 Å². The molecule has 0 fully saturated rings. The van der Waals surface area contributed by atoms with Gasteiger partial charge in [0, 0.05) is 0 Å². The van der Waals surface area contributed by atoms with E-state index in [4.69, 9.17) is 0 Å². The molecular formula is C5H3F2N2O. The second kappa shape index (κ2) is 2.72. The van der Waals surface area contributed by atoms with Crippen molar-refractivity contribution in [3.05, 3.63) is 6.54 Å². The van der Waals surface area contributed by atoms with E-state index >= 15 is 0 Å². The number of rotatable bonds is 2. The van der Waals surface area contributed by atoms with Gasteiger partial charge < -0.3 is 4.90 Å². The number of hydrogen-bond donors (Lipinski definition) is 0. The van der Waals surface area contributed by atoms with Crippen molar-refractivity contribution in [3.63, 3.8) is 0 Å². The molecule has 1 heterocycles. The Balaban J connectivity index is 2.33. The predicted octanol–water partition coefficient (Wildman–Crippen LogP) is 0.0378. The van der Waals surface area contributed by atoms with Crippen LogP contribution in [0, 0.1) is 6.54 Å². The highest BCUT2D eigenvalue weighted by molar-refractivity contribution is 5.97. The monoisotopic (exact) mass is 145 g/mol. The predicted molar refractivity (Wildman–Crippen MR) is 28.4 cm³/mol. The molecule has 53 valence electrons.